The van der Waals surface area contributed by atoms with Crippen LogP contribution in [0.3, 0.4) is 0 Å². The first-order valence-electron chi connectivity index (χ1n) is 6.96. The minimum atomic E-state index is -0.937. The molecule has 4 heteroatoms. The van der Waals surface area contributed by atoms with Crippen LogP contribution >= 0.6 is 0 Å². The summed E-state index contributed by atoms with van der Waals surface area (Å²) in [5.74, 6) is -0.287. The van der Waals surface area contributed by atoms with E-state index >= 15 is 0 Å². The molecule has 0 heterocycles. The van der Waals surface area contributed by atoms with Crippen molar-refractivity contribution in [1.82, 2.24) is 0 Å². The van der Waals surface area contributed by atoms with Gasteiger partial charge in [0.05, 0.1) is 5.56 Å². The third-order valence-corrected chi connectivity index (χ3v) is 3.17. The molecule has 22 heavy (non-hydrogen) atoms. The van der Waals surface area contributed by atoms with Crippen LogP contribution in [-0.4, -0.2) is 31.8 Å². The minimum absolute atomic E-state index is 0.254. The van der Waals surface area contributed by atoms with Crippen molar-refractivity contribution in [1.29, 1.82) is 0 Å². The van der Waals surface area contributed by atoms with Gasteiger partial charge in [-0.2, -0.15) is 0 Å². The molecule has 0 spiro atoms. The van der Waals surface area contributed by atoms with Crippen LogP contribution in [0, 0.1) is 0 Å². The summed E-state index contributed by atoms with van der Waals surface area (Å²) in [5, 5.41) is 8.81. The van der Waals surface area contributed by atoms with Crippen LogP contribution in [0.5, 0.6) is 5.75 Å². The molecule has 114 valence electrons. The molecular formula is C18H19NO3. The van der Waals surface area contributed by atoms with E-state index in [9.17, 15) is 4.79 Å². The topological polar surface area (TPSA) is 49.8 Å². The Labute approximate surface area is 130 Å². The second kappa shape index (κ2) is 7.31. The zero-order valence-electron chi connectivity index (χ0n) is 12.7. The van der Waals surface area contributed by atoms with E-state index in [1.54, 1.807) is 12.1 Å². The van der Waals surface area contributed by atoms with Crippen LogP contribution < -0.4 is 9.64 Å². The molecular weight excluding hydrogens is 278 g/mol. The largest absolute Gasteiger partial charge is 0.490 e. The van der Waals surface area contributed by atoms with Crippen molar-refractivity contribution in [2.75, 3.05) is 25.6 Å². The molecule has 0 atom stereocenters. The van der Waals surface area contributed by atoms with E-state index in [-0.39, 0.29) is 5.56 Å². The molecule has 0 saturated carbocycles. The zero-order valence-corrected chi connectivity index (χ0v) is 12.7. The van der Waals surface area contributed by atoms with E-state index in [1.807, 2.05) is 38.4 Å². The number of aromatic carboxylic acids is 1. The second-order valence-electron chi connectivity index (χ2n) is 5.03. The van der Waals surface area contributed by atoms with Crippen LogP contribution in [0.2, 0.25) is 0 Å². The van der Waals surface area contributed by atoms with Crippen molar-refractivity contribution < 1.29 is 14.6 Å². The first kappa shape index (κ1) is 15.6. The van der Waals surface area contributed by atoms with Crippen LogP contribution in [0.25, 0.3) is 6.08 Å². The molecule has 0 amide bonds. The minimum Gasteiger partial charge on any atom is -0.490 e. The summed E-state index contributed by atoms with van der Waals surface area (Å²) in [4.78, 5) is 12.8. The highest BCUT2D eigenvalue weighted by molar-refractivity contribution is 5.87. The van der Waals surface area contributed by atoms with E-state index in [1.165, 1.54) is 12.1 Å². The highest BCUT2D eigenvalue weighted by Gasteiger charge is 2.01. The number of ether oxygens (including phenoxy) is 1. The van der Waals surface area contributed by atoms with Crippen LogP contribution in [-0.2, 0) is 0 Å². The van der Waals surface area contributed by atoms with Gasteiger partial charge >= 0.3 is 5.97 Å². The Hall–Kier alpha value is -2.75. The maximum atomic E-state index is 10.7. The molecule has 0 aliphatic rings. The number of hydrogen-bond acceptors (Lipinski definition) is 3. The fourth-order valence-electron chi connectivity index (χ4n) is 1.91. The van der Waals surface area contributed by atoms with Gasteiger partial charge in [0, 0.05) is 19.8 Å². The third kappa shape index (κ3) is 4.38. The SMILES string of the molecule is CN(C)c1ccc(C=CCOc2ccc(C(=O)O)cc2)cc1. The molecule has 2 rings (SSSR count). The lowest BCUT2D eigenvalue weighted by molar-refractivity contribution is 0.0697. The third-order valence-electron chi connectivity index (χ3n) is 3.17. The molecule has 0 aliphatic heterocycles. The van der Waals surface area contributed by atoms with E-state index in [0.29, 0.717) is 12.4 Å². The summed E-state index contributed by atoms with van der Waals surface area (Å²) >= 11 is 0. The van der Waals surface area contributed by atoms with Crippen molar-refractivity contribution >= 4 is 17.7 Å². The number of carbonyl (C=O) groups is 1. The average molecular weight is 297 g/mol. The zero-order chi connectivity index (χ0) is 15.9. The molecule has 0 bridgehead atoms. The molecule has 0 fully saturated rings. The molecule has 0 aromatic heterocycles. The van der Waals surface area contributed by atoms with Gasteiger partial charge in [0.15, 0.2) is 0 Å². The van der Waals surface area contributed by atoms with Crippen LogP contribution in [0.1, 0.15) is 15.9 Å². The van der Waals surface area contributed by atoms with Gasteiger partial charge in [-0.05, 0) is 48.0 Å². The van der Waals surface area contributed by atoms with E-state index in [2.05, 4.69) is 17.0 Å². The molecule has 2 aromatic carbocycles. The van der Waals surface area contributed by atoms with E-state index < -0.39 is 5.97 Å². The normalized spacial score (nSPS) is 10.6. The van der Waals surface area contributed by atoms with Crippen molar-refractivity contribution in [2.24, 2.45) is 0 Å². The van der Waals surface area contributed by atoms with Crippen molar-refractivity contribution in [2.45, 2.75) is 0 Å². The number of rotatable bonds is 6. The second-order valence-corrected chi connectivity index (χ2v) is 5.03. The highest BCUT2D eigenvalue weighted by Crippen LogP contribution is 2.14. The number of anilines is 1. The van der Waals surface area contributed by atoms with Gasteiger partial charge in [0.2, 0.25) is 0 Å². The number of hydrogen-bond donors (Lipinski definition) is 1. The maximum Gasteiger partial charge on any atom is 0.335 e. The summed E-state index contributed by atoms with van der Waals surface area (Å²) in [5.41, 5.74) is 2.52. The van der Waals surface area contributed by atoms with Gasteiger partial charge in [-0.15, -0.1) is 0 Å². The first-order valence-corrected chi connectivity index (χ1v) is 6.96. The molecule has 0 unspecified atom stereocenters. The quantitative estimate of drug-likeness (QED) is 0.886. The Morgan fingerprint density at radius 2 is 1.73 bits per heavy atom. The molecule has 0 aliphatic carbocycles. The van der Waals surface area contributed by atoms with Crippen molar-refractivity contribution in [3.05, 3.63) is 65.7 Å². The Bertz CT molecular complexity index is 643. The number of carboxylic acids is 1. The lowest BCUT2D eigenvalue weighted by Gasteiger charge is -2.11. The molecule has 1 N–H and O–H groups in total. The predicted octanol–water partition coefficient (Wildman–Crippen LogP) is 3.54. The standard InChI is InChI=1S/C18H19NO3/c1-19(2)16-9-5-14(6-10-16)4-3-13-22-17-11-7-15(8-12-17)18(20)21/h3-12H,13H2,1-2H3,(H,20,21). The maximum absolute atomic E-state index is 10.7. The van der Waals surface area contributed by atoms with Gasteiger partial charge in [-0.1, -0.05) is 18.2 Å². The number of benzene rings is 2. The van der Waals surface area contributed by atoms with E-state index in [0.717, 1.165) is 11.3 Å². The highest BCUT2D eigenvalue weighted by atomic mass is 16.5. The lowest BCUT2D eigenvalue weighted by Crippen LogP contribution is -2.07. The first-order chi connectivity index (χ1) is 10.6. The van der Waals surface area contributed by atoms with Gasteiger partial charge in [-0.25, -0.2) is 4.79 Å². The Morgan fingerprint density at radius 1 is 1.09 bits per heavy atom. The smallest absolute Gasteiger partial charge is 0.335 e. The van der Waals surface area contributed by atoms with Crippen LogP contribution in [0.4, 0.5) is 5.69 Å². The molecule has 4 nitrogen and oxygen atoms in total. The average Bonchev–Trinajstić information content (AvgIpc) is 2.52. The number of nitrogens with zero attached hydrogens (tertiary/aromatic N) is 1. The molecule has 0 radical (unpaired) electrons. The van der Waals surface area contributed by atoms with Crippen molar-refractivity contribution in [3.8, 4) is 5.75 Å². The Balaban J connectivity index is 1.86. The Morgan fingerprint density at radius 3 is 2.27 bits per heavy atom. The molecule has 2 aromatic rings. The van der Waals surface area contributed by atoms with Gasteiger partial charge in [-0.3, -0.25) is 0 Å². The monoisotopic (exact) mass is 297 g/mol. The summed E-state index contributed by atoms with van der Waals surface area (Å²) in [7, 11) is 4.02. The van der Waals surface area contributed by atoms with Gasteiger partial charge in [0.25, 0.3) is 0 Å². The summed E-state index contributed by atoms with van der Waals surface area (Å²) in [6.07, 6.45) is 3.92. The Kier molecular flexibility index (Phi) is 5.20. The molecule has 0 saturated heterocycles. The number of carboxylic acid groups (broad SMARTS) is 1. The fourth-order valence-corrected chi connectivity index (χ4v) is 1.91. The summed E-state index contributed by atoms with van der Waals surface area (Å²) in [6.45, 7) is 0.432. The van der Waals surface area contributed by atoms with Crippen molar-refractivity contribution in [3.63, 3.8) is 0 Å². The van der Waals surface area contributed by atoms with E-state index in [4.69, 9.17) is 9.84 Å². The summed E-state index contributed by atoms with van der Waals surface area (Å²) in [6, 6.07) is 14.6. The lowest BCUT2D eigenvalue weighted by atomic mass is 10.2. The van der Waals surface area contributed by atoms with Gasteiger partial charge < -0.3 is 14.7 Å². The van der Waals surface area contributed by atoms with Gasteiger partial charge in [0.1, 0.15) is 12.4 Å². The fraction of sp³-hybridized carbons (Fsp3) is 0.167. The summed E-state index contributed by atoms with van der Waals surface area (Å²) < 4.78 is 5.54. The van der Waals surface area contributed by atoms with Crippen LogP contribution in [0.15, 0.2) is 54.6 Å². The predicted molar refractivity (Wildman–Crippen MR) is 88.7 cm³/mol.